The molecule has 0 aliphatic heterocycles. The highest BCUT2D eigenvalue weighted by atomic mass is 35.5. The van der Waals surface area contributed by atoms with Crippen molar-refractivity contribution in [1.29, 1.82) is 0 Å². The first-order chi connectivity index (χ1) is 15.2. The van der Waals surface area contributed by atoms with Crippen LogP contribution in [0.3, 0.4) is 0 Å². The summed E-state index contributed by atoms with van der Waals surface area (Å²) in [4.78, 5) is 27.5. The molecule has 8 heteroatoms. The van der Waals surface area contributed by atoms with Gasteiger partial charge in [0.25, 0.3) is 0 Å². The maximum atomic E-state index is 13.1. The number of halogens is 2. The molecule has 0 spiro atoms. The van der Waals surface area contributed by atoms with E-state index < -0.39 is 6.04 Å². The number of ether oxygens (including phenoxy) is 1. The van der Waals surface area contributed by atoms with Crippen LogP contribution < -0.4 is 10.1 Å². The van der Waals surface area contributed by atoms with Gasteiger partial charge in [-0.05, 0) is 55.7 Å². The maximum Gasteiger partial charge on any atom is 0.242 e. The van der Waals surface area contributed by atoms with Crippen molar-refractivity contribution in [2.45, 2.75) is 51.6 Å². The van der Waals surface area contributed by atoms with Crippen LogP contribution in [0, 0.1) is 0 Å². The van der Waals surface area contributed by atoms with Crippen molar-refractivity contribution in [3.8, 4) is 5.75 Å². The Labute approximate surface area is 204 Å². The molecule has 2 atom stereocenters. The zero-order chi connectivity index (χ0) is 23.7. The molecule has 0 heterocycles. The Kier molecular flexibility index (Phi) is 10.7. The number of nitrogens with one attached hydrogen (secondary N) is 1. The monoisotopic (exact) mass is 496 g/mol. The highest BCUT2D eigenvalue weighted by Gasteiger charge is 2.26. The average molecular weight is 497 g/mol. The zero-order valence-electron chi connectivity index (χ0n) is 18.9. The molecule has 2 rings (SSSR count). The zero-order valence-corrected chi connectivity index (χ0v) is 21.2. The summed E-state index contributed by atoms with van der Waals surface area (Å²) in [5, 5.41) is 4.13. The number of thioether (sulfide) groups is 1. The summed E-state index contributed by atoms with van der Waals surface area (Å²) in [5.41, 5.74) is 1.84. The highest BCUT2D eigenvalue weighted by Crippen LogP contribution is 2.25. The van der Waals surface area contributed by atoms with Gasteiger partial charge in [0.05, 0.1) is 12.9 Å². The quantitative estimate of drug-likeness (QED) is 0.441. The van der Waals surface area contributed by atoms with E-state index in [1.165, 1.54) is 11.8 Å². The van der Waals surface area contributed by atoms with Crippen LogP contribution in [0.4, 0.5) is 0 Å². The van der Waals surface area contributed by atoms with E-state index in [-0.39, 0.29) is 23.6 Å². The van der Waals surface area contributed by atoms with E-state index in [1.807, 2.05) is 44.2 Å². The molecule has 0 aromatic heterocycles. The molecule has 0 saturated heterocycles. The maximum absolute atomic E-state index is 13.1. The average Bonchev–Trinajstić information content (AvgIpc) is 2.78. The van der Waals surface area contributed by atoms with Crippen molar-refractivity contribution < 1.29 is 14.3 Å². The predicted molar refractivity (Wildman–Crippen MR) is 134 cm³/mol. The second kappa shape index (κ2) is 13.0. The Bertz CT molecular complexity index is 909. The van der Waals surface area contributed by atoms with Gasteiger partial charge in [-0.2, -0.15) is 0 Å². The molecule has 2 amide bonds. The molecule has 174 valence electrons. The number of hydrogen-bond donors (Lipinski definition) is 1. The first-order valence-electron chi connectivity index (χ1n) is 10.5. The van der Waals surface area contributed by atoms with Gasteiger partial charge in [-0.1, -0.05) is 48.3 Å². The van der Waals surface area contributed by atoms with E-state index in [4.69, 9.17) is 27.9 Å². The number of amides is 2. The van der Waals surface area contributed by atoms with E-state index in [2.05, 4.69) is 5.32 Å². The molecule has 2 aromatic rings. The molecule has 0 aliphatic rings. The summed E-state index contributed by atoms with van der Waals surface area (Å²) in [6, 6.07) is 12.3. The van der Waals surface area contributed by atoms with Crippen LogP contribution in [-0.2, 0) is 21.9 Å². The van der Waals surface area contributed by atoms with Gasteiger partial charge in [-0.15, -0.1) is 11.8 Å². The summed E-state index contributed by atoms with van der Waals surface area (Å²) in [6.07, 6.45) is 0.822. The van der Waals surface area contributed by atoms with Gasteiger partial charge in [0, 0.05) is 28.4 Å². The van der Waals surface area contributed by atoms with Crippen molar-refractivity contribution in [3.05, 3.63) is 63.6 Å². The molecule has 2 unspecified atom stereocenters. The summed E-state index contributed by atoms with van der Waals surface area (Å²) >= 11 is 13.6. The van der Waals surface area contributed by atoms with Crippen LogP contribution in [-0.4, -0.2) is 41.7 Å². The van der Waals surface area contributed by atoms with Crippen molar-refractivity contribution in [2.75, 3.05) is 12.9 Å². The van der Waals surface area contributed by atoms with Gasteiger partial charge >= 0.3 is 0 Å². The van der Waals surface area contributed by atoms with E-state index in [1.54, 1.807) is 31.1 Å². The Hall–Kier alpha value is -1.89. The highest BCUT2D eigenvalue weighted by molar-refractivity contribution is 7.99. The minimum Gasteiger partial charge on any atom is -0.497 e. The van der Waals surface area contributed by atoms with E-state index >= 15 is 0 Å². The number of carbonyl (C=O) groups is 2. The van der Waals surface area contributed by atoms with Gasteiger partial charge in [-0.25, -0.2) is 0 Å². The summed E-state index contributed by atoms with van der Waals surface area (Å²) in [6.45, 7) is 6.06. The third-order valence-corrected chi connectivity index (χ3v) is 6.73. The number of methoxy groups -OCH3 is 1. The molecule has 5 nitrogen and oxygen atoms in total. The normalized spacial score (nSPS) is 12.7. The largest absolute Gasteiger partial charge is 0.497 e. The van der Waals surface area contributed by atoms with Crippen molar-refractivity contribution >= 4 is 46.8 Å². The lowest BCUT2D eigenvalue weighted by molar-refractivity contribution is -0.138. The Morgan fingerprint density at radius 2 is 1.81 bits per heavy atom. The number of nitrogens with zero attached hydrogens (tertiary/aromatic N) is 1. The summed E-state index contributed by atoms with van der Waals surface area (Å²) in [5.74, 6) is 1.28. The second-order valence-corrected chi connectivity index (χ2v) is 9.42. The molecule has 32 heavy (non-hydrogen) atoms. The third-order valence-electron chi connectivity index (χ3n) is 5.18. The number of carbonyl (C=O) groups excluding carboxylic acids is 2. The minimum atomic E-state index is -0.599. The van der Waals surface area contributed by atoms with Gasteiger partial charge in [0.1, 0.15) is 11.8 Å². The van der Waals surface area contributed by atoms with Crippen LogP contribution in [0.1, 0.15) is 38.3 Å². The van der Waals surface area contributed by atoms with Gasteiger partial charge in [-0.3, -0.25) is 9.59 Å². The van der Waals surface area contributed by atoms with Crippen molar-refractivity contribution in [3.63, 3.8) is 0 Å². The first kappa shape index (κ1) is 26.4. The van der Waals surface area contributed by atoms with Crippen LogP contribution >= 0.6 is 35.0 Å². The molecule has 0 bridgehead atoms. The first-order valence-corrected chi connectivity index (χ1v) is 12.4. The van der Waals surface area contributed by atoms with Crippen LogP contribution in [0.15, 0.2) is 42.5 Å². The van der Waals surface area contributed by atoms with Gasteiger partial charge < -0.3 is 15.0 Å². The van der Waals surface area contributed by atoms with E-state index in [9.17, 15) is 9.59 Å². The fourth-order valence-electron chi connectivity index (χ4n) is 2.95. The molecule has 0 saturated carbocycles. The van der Waals surface area contributed by atoms with Crippen LogP contribution in [0.25, 0.3) is 0 Å². The van der Waals surface area contributed by atoms with E-state index in [0.29, 0.717) is 22.3 Å². The number of hydrogen-bond acceptors (Lipinski definition) is 4. The predicted octanol–water partition coefficient (Wildman–Crippen LogP) is 5.57. The van der Waals surface area contributed by atoms with Gasteiger partial charge in [0.15, 0.2) is 0 Å². The fourth-order valence-corrected chi connectivity index (χ4v) is 4.41. The number of rotatable bonds is 11. The molecule has 2 aromatic carbocycles. The standard InChI is InChI=1S/C24H30Cl2N2O3S/c1-5-16(2)27-24(30)17(3)28(13-18-6-10-21(31-4)11-7-18)23(29)15-32-14-19-8-9-20(25)12-22(19)26/h6-12,16-17H,5,13-15H2,1-4H3,(H,27,30). The topological polar surface area (TPSA) is 58.6 Å². The number of benzene rings is 2. The third kappa shape index (κ3) is 7.91. The Balaban J connectivity index is 2.10. The molecule has 0 fully saturated rings. The Morgan fingerprint density at radius 1 is 1.12 bits per heavy atom. The molecular formula is C24H30Cl2N2O3S. The molecule has 0 aliphatic carbocycles. The Morgan fingerprint density at radius 3 is 2.41 bits per heavy atom. The molecular weight excluding hydrogens is 467 g/mol. The minimum absolute atomic E-state index is 0.0457. The van der Waals surface area contributed by atoms with Gasteiger partial charge in [0.2, 0.25) is 11.8 Å². The summed E-state index contributed by atoms with van der Waals surface area (Å²) < 4.78 is 5.21. The molecule has 1 N–H and O–H groups in total. The van der Waals surface area contributed by atoms with Crippen molar-refractivity contribution in [2.24, 2.45) is 0 Å². The smallest absolute Gasteiger partial charge is 0.242 e. The SMILES string of the molecule is CCC(C)NC(=O)C(C)N(Cc1ccc(OC)cc1)C(=O)CSCc1ccc(Cl)cc1Cl. The summed E-state index contributed by atoms with van der Waals surface area (Å²) in [7, 11) is 1.61. The lowest BCUT2D eigenvalue weighted by atomic mass is 10.1. The lowest BCUT2D eigenvalue weighted by Crippen LogP contribution is -2.50. The molecule has 0 radical (unpaired) electrons. The second-order valence-electron chi connectivity index (χ2n) is 7.59. The lowest BCUT2D eigenvalue weighted by Gasteiger charge is -2.29. The van der Waals surface area contributed by atoms with E-state index in [0.717, 1.165) is 23.3 Å². The fraction of sp³-hybridized carbons (Fsp3) is 0.417. The van der Waals surface area contributed by atoms with Crippen LogP contribution in [0.5, 0.6) is 5.75 Å². The van der Waals surface area contributed by atoms with Crippen molar-refractivity contribution in [1.82, 2.24) is 10.2 Å². The van der Waals surface area contributed by atoms with Crippen LogP contribution in [0.2, 0.25) is 10.0 Å².